The molecule has 3 N–H and O–H groups in total. The number of sulfonamides is 1. The smallest absolute Gasteiger partial charge is 0.255 e. The van der Waals surface area contributed by atoms with Gasteiger partial charge in [-0.2, -0.15) is 4.31 Å². The number of halogens is 1. The lowest BCUT2D eigenvalue weighted by molar-refractivity contribution is 0.102. The molecule has 30 heavy (non-hydrogen) atoms. The van der Waals surface area contributed by atoms with Gasteiger partial charge in [0, 0.05) is 43.3 Å². The van der Waals surface area contributed by atoms with Crippen molar-refractivity contribution in [1.29, 1.82) is 0 Å². The fraction of sp³-hybridized carbons (Fsp3) is 0.143. The van der Waals surface area contributed by atoms with Crippen LogP contribution in [-0.4, -0.2) is 37.2 Å². The zero-order valence-corrected chi connectivity index (χ0v) is 17.0. The largest absolute Gasteiger partial charge is 0.323 e. The molecule has 0 aliphatic rings. The number of carbonyl (C=O) groups is 1. The molecule has 0 fully saturated rings. The monoisotopic (exact) mass is 428 g/mol. The lowest BCUT2D eigenvalue weighted by Gasteiger charge is -2.21. The Morgan fingerprint density at radius 3 is 2.43 bits per heavy atom. The van der Waals surface area contributed by atoms with E-state index < -0.39 is 21.9 Å². The molecule has 0 aliphatic carbocycles. The first-order chi connectivity index (χ1) is 14.3. The maximum absolute atomic E-state index is 13.4. The second-order valence-electron chi connectivity index (χ2n) is 6.66. The van der Waals surface area contributed by atoms with Gasteiger partial charge in [0.15, 0.2) is 0 Å². The molecule has 0 radical (unpaired) electrons. The molecular weight excluding hydrogens is 407 g/mol. The summed E-state index contributed by atoms with van der Waals surface area (Å²) in [4.78, 5) is 16.1. The number of likely N-dealkylation sites (N-methyl/N-ethyl adjacent to an activating group) is 1. The molecule has 2 aromatic carbocycles. The summed E-state index contributed by atoms with van der Waals surface area (Å²) in [5.74, 6) is -0.915. The molecule has 156 valence electrons. The Labute approximate surface area is 174 Å². The zero-order valence-electron chi connectivity index (χ0n) is 16.2. The molecular formula is C21H21FN4O3S. The molecule has 3 rings (SSSR count). The van der Waals surface area contributed by atoms with E-state index in [9.17, 15) is 17.6 Å². The van der Waals surface area contributed by atoms with Crippen LogP contribution in [-0.2, 0) is 10.0 Å². The van der Waals surface area contributed by atoms with Gasteiger partial charge in [0.2, 0.25) is 10.0 Å². The van der Waals surface area contributed by atoms with Crippen LogP contribution in [0, 0.1) is 5.82 Å². The molecule has 1 unspecified atom stereocenters. The van der Waals surface area contributed by atoms with Crippen LogP contribution in [0.1, 0.15) is 22.0 Å². The highest BCUT2D eigenvalue weighted by Gasteiger charge is 2.23. The number of carbonyl (C=O) groups excluding carboxylic acids is 1. The van der Waals surface area contributed by atoms with Crippen molar-refractivity contribution in [1.82, 2.24) is 9.29 Å². The van der Waals surface area contributed by atoms with Crippen molar-refractivity contribution in [2.75, 3.05) is 18.9 Å². The van der Waals surface area contributed by atoms with Gasteiger partial charge < -0.3 is 11.1 Å². The summed E-state index contributed by atoms with van der Waals surface area (Å²) in [5.41, 5.74) is 7.89. The average molecular weight is 428 g/mol. The molecule has 1 aromatic heterocycles. The second kappa shape index (κ2) is 9.12. The first-order valence-electron chi connectivity index (χ1n) is 9.06. The SMILES string of the molecule is CN(CC(N)c1ccc(C(=O)Nc2ccncc2)cc1)S(=O)(=O)c1cccc(F)c1. The number of nitrogens with zero attached hydrogens (tertiary/aromatic N) is 2. The molecule has 0 aliphatic heterocycles. The van der Waals surface area contributed by atoms with Crippen molar-refractivity contribution in [3.05, 3.63) is 90.0 Å². The van der Waals surface area contributed by atoms with E-state index >= 15 is 0 Å². The van der Waals surface area contributed by atoms with Gasteiger partial charge in [-0.15, -0.1) is 0 Å². The number of anilines is 1. The lowest BCUT2D eigenvalue weighted by atomic mass is 10.1. The molecule has 3 aromatic rings. The Hall–Kier alpha value is -3.14. The Kier molecular flexibility index (Phi) is 6.56. The number of pyridine rings is 1. The topological polar surface area (TPSA) is 105 Å². The lowest BCUT2D eigenvalue weighted by Crippen LogP contribution is -2.34. The highest BCUT2D eigenvalue weighted by Crippen LogP contribution is 2.19. The van der Waals surface area contributed by atoms with Crippen LogP contribution in [0.5, 0.6) is 0 Å². The fourth-order valence-corrected chi connectivity index (χ4v) is 4.04. The average Bonchev–Trinajstić information content (AvgIpc) is 2.74. The van der Waals surface area contributed by atoms with E-state index in [1.54, 1.807) is 48.8 Å². The Morgan fingerprint density at radius 2 is 1.80 bits per heavy atom. The molecule has 7 nitrogen and oxygen atoms in total. The summed E-state index contributed by atoms with van der Waals surface area (Å²) in [6.45, 7) is -0.0125. The Balaban J connectivity index is 1.67. The molecule has 9 heteroatoms. The van der Waals surface area contributed by atoms with E-state index in [4.69, 9.17) is 5.73 Å². The van der Waals surface area contributed by atoms with E-state index in [2.05, 4.69) is 10.3 Å². The van der Waals surface area contributed by atoms with Crippen LogP contribution >= 0.6 is 0 Å². The predicted molar refractivity (Wildman–Crippen MR) is 112 cm³/mol. The van der Waals surface area contributed by atoms with Crippen molar-refractivity contribution in [2.45, 2.75) is 10.9 Å². The van der Waals surface area contributed by atoms with E-state index in [0.29, 0.717) is 16.8 Å². The number of hydrogen-bond acceptors (Lipinski definition) is 5. The molecule has 0 saturated heterocycles. The van der Waals surface area contributed by atoms with Crippen molar-refractivity contribution in [3.63, 3.8) is 0 Å². The van der Waals surface area contributed by atoms with E-state index in [1.165, 1.54) is 25.2 Å². The summed E-state index contributed by atoms with van der Waals surface area (Å²) in [6.07, 6.45) is 3.15. The third kappa shape index (κ3) is 5.07. The first kappa shape index (κ1) is 21.6. The molecule has 0 bridgehead atoms. The number of nitrogens with one attached hydrogen (secondary N) is 1. The second-order valence-corrected chi connectivity index (χ2v) is 8.71. The highest BCUT2D eigenvalue weighted by atomic mass is 32.2. The van der Waals surface area contributed by atoms with Crippen LogP contribution in [0.3, 0.4) is 0 Å². The summed E-state index contributed by atoms with van der Waals surface area (Å²) in [7, 11) is -2.49. The fourth-order valence-electron chi connectivity index (χ4n) is 2.81. The molecule has 1 heterocycles. The number of hydrogen-bond donors (Lipinski definition) is 2. The van der Waals surface area contributed by atoms with Gasteiger partial charge in [0.05, 0.1) is 4.90 Å². The molecule has 1 amide bonds. The van der Waals surface area contributed by atoms with Crippen molar-refractivity contribution in [3.8, 4) is 0 Å². The predicted octanol–water partition coefficient (Wildman–Crippen LogP) is 2.79. The highest BCUT2D eigenvalue weighted by molar-refractivity contribution is 7.89. The quantitative estimate of drug-likeness (QED) is 0.602. The third-order valence-corrected chi connectivity index (χ3v) is 6.32. The number of aromatic nitrogens is 1. The minimum absolute atomic E-state index is 0.0125. The van der Waals surface area contributed by atoms with Crippen LogP contribution in [0.15, 0.2) is 78.0 Å². The van der Waals surface area contributed by atoms with Gasteiger partial charge in [-0.3, -0.25) is 9.78 Å². The van der Waals surface area contributed by atoms with Crippen LogP contribution < -0.4 is 11.1 Å². The number of nitrogens with two attached hydrogens (primary N) is 1. The van der Waals surface area contributed by atoms with Gasteiger partial charge in [-0.1, -0.05) is 18.2 Å². The van der Waals surface area contributed by atoms with Crippen molar-refractivity contribution >= 4 is 21.6 Å². The van der Waals surface area contributed by atoms with E-state index in [1.807, 2.05) is 0 Å². The number of benzene rings is 2. The maximum Gasteiger partial charge on any atom is 0.255 e. The van der Waals surface area contributed by atoms with Gasteiger partial charge in [0.25, 0.3) is 5.91 Å². The van der Waals surface area contributed by atoms with Gasteiger partial charge in [-0.05, 0) is 48.0 Å². The van der Waals surface area contributed by atoms with Crippen LogP contribution in [0.25, 0.3) is 0 Å². The minimum Gasteiger partial charge on any atom is -0.323 e. The van der Waals surface area contributed by atoms with Gasteiger partial charge in [-0.25, -0.2) is 12.8 Å². The summed E-state index contributed by atoms with van der Waals surface area (Å²) in [6, 6.07) is 14.1. The maximum atomic E-state index is 13.4. The number of amides is 1. The van der Waals surface area contributed by atoms with E-state index in [-0.39, 0.29) is 17.3 Å². The number of rotatable bonds is 7. The van der Waals surface area contributed by atoms with Crippen molar-refractivity contribution in [2.24, 2.45) is 5.73 Å². The zero-order chi connectivity index (χ0) is 21.7. The summed E-state index contributed by atoms with van der Waals surface area (Å²) in [5, 5.41) is 2.75. The van der Waals surface area contributed by atoms with Gasteiger partial charge >= 0.3 is 0 Å². The van der Waals surface area contributed by atoms with Crippen LogP contribution in [0.2, 0.25) is 0 Å². The van der Waals surface area contributed by atoms with E-state index in [0.717, 1.165) is 10.4 Å². The minimum atomic E-state index is -3.88. The standard InChI is InChI=1S/C21H21FN4O3S/c1-26(30(28,29)19-4-2-3-17(22)13-19)14-20(23)15-5-7-16(8-6-15)21(27)25-18-9-11-24-12-10-18/h2-13,20H,14,23H2,1H3,(H,24,25,27). The summed E-state index contributed by atoms with van der Waals surface area (Å²) >= 11 is 0. The van der Waals surface area contributed by atoms with Gasteiger partial charge in [0.1, 0.15) is 5.82 Å². The molecule has 1 atom stereocenters. The summed E-state index contributed by atoms with van der Waals surface area (Å²) < 4.78 is 39.7. The van der Waals surface area contributed by atoms with Crippen molar-refractivity contribution < 1.29 is 17.6 Å². The first-order valence-corrected chi connectivity index (χ1v) is 10.5. The van der Waals surface area contributed by atoms with Crippen LogP contribution in [0.4, 0.5) is 10.1 Å². The Morgan fingerprint density at radius 1 is 1.13 bits per heavy atom. The normalized spacial score (nSPS) is 12.5. The molecule has 0 saturated carbocycles. The molecule has 0 spiro atoms. The Bertz CT molecular complexity index is 1120. The third-order valence-electron chi connectivity index (χ3n) is 4.50.